The minimum atomic E-state index is -0.650. The molecule has 3 aromatic carbocycles. The summed E-state index contributed by atoms with van der Waals surface area (Å²) in [5.74, 6) is -0.0683. The van der Waals surface area contributed by atoms with Crippen LogP contribution in [0.25, 0.3) is 21.8 Å². The molecule has 1 atom stereocenters. The zero-order valence-corrected chi connectivity index (χ0v) is 16.7. The number of nitrogens with one attached hydrogen (secondary N) is 2. The van der Waals surface area contributed by atoms with E-state index in [0.717, 1.165) is 38.6 Å². The van der Waals surface area contributed by atoms with Crippen molar-refractivity contribution in [2.75, 3.05) is 5.43 Å². The monoisotopic (exact) mass is 385 g/mol. The maximum absolute atomic E-state index is 12.7. The van der Waals surface area contributed by atoms with Crippen molar-refractivity contribution in [3.05, 3.63) is 83.4 Å². The first-order valence-electron chi connectivity index (χ1n) is 9.60. The summed E-state index contributed by atoms with van der Waals surface area (Å²) in [5, 5.41) is 1.94. The molecule has 146 valence electrons. The molecular formula is C24H23N3O2. The average Bonchev–Trinajstić information content (AvgIpc) is 2.72. The van der Waals surface area contributed by atoms with Gasteiger partial charge in [0.1, 0.15) is 6.10 Å². The number of para-hydroxylation sites is 2. The minimum absolute atomic E-state index is 0.0683. The molecule has 0 aliphatic rings. The Hall–Kier alpha value is -3.28. The molecule has 0 amide bonds. The van der Waals surface area contributed by atoms with Gasteiger partial charge in [-0.15, -0.1) is 5.59 Å². The highest BCUT2D eigenvalue weighted by Gasteiger charge is 2.18. The SMILES string of the molecule is Cc1ccc(C(=O)C(C)ONNc2c3ccccc3nc3ccccc23)c(C)c1. The Balaban J connectivity index is 1.54. The number of rotatable bonds is 6. The lowest BCUT2D eigenvalue weighted by molar-refractivity contribution is 0.00516. The van der Waals surface area contributed by atoms with Gasteiger partial charge in [0, 0.05) is 16.3 Å². The fraction of sp³-hybridized carbons (Fsp3) is 0.167. The zero-order valence-electron chi connectivity index (χ0n) is 16.7. The number of hydrogen-bond donors (Lipinski definition) is 2. The number of carbonyl (C=O) groups is 1. The highest BCUT2D eigenvalue weighted by molar-refractivity contribution is 6.07. The van der Waals surface area contributed by atoms with Crippen LogP contribution in [0.4, 0.5) is 5.69 Å². The number of fused-ring (bicyclic) bond motifs is 2. The predicted octanol–water partition coefficient (Wildman–Crippen LogP) is 5.12. The molecule has 4 aromatic rings. The van der Waals surface area contributed by atoms with Gasteiger partial charge in [-0.3, -0.25) is 15.1 Å². The summed E-state index contributed by atoms with van der Waals surface area (Å²) in [5.41, 5.74) is 11.3. The van der Waals surface area contributed by atoms with Crippen LogP contribution in [0.3, 0.4) is 0 Å². The summed E-state index contributed by atoms with van der Waals surface area (Å²) in [7, 11) is 0. The number of hydrogen-bond acceptors (Lipinski definition) is 5. The number of nitrogens with zero attached hydrogens (tertiary/aromatic N) is 1. The van der Waals surface area contributed by atoms with Crippen LogP contribution in [0.1, 0.15) is 28.4 Å². The van der Waals surface area contributed by atoms with Crippen molar-refractivity contribution in [3.8, 4) is 0 Å². The smallest absolute Gasteiger partial charge is 0.193 e. The molecule has 0 fully saturated rings. The van der Waals surface area contributed by atoms with Crippen molar-refractivity contribution < 1.29 is 9.63 Å². The van der Waals surface area contributed by atoms with Gasteiger partial charge in [-0.2, -0.15) is 0 Å². The van der Waals surface area contributed by atoms with Crippen LogP contribution >= 0.6 is 0 Å². The Labute approximate surface area is 169 Å². The standard InChI is InChI=1S/C24H23N3O2/c1-15-12-13-18(16(2)14-15)24(28)17(3)29-27-26-23-19-8-4-6-10-21(19)25-22-11-7-5-9-20(22)23/h4-14,17,27H,1-3H3,(H,25,26). The summed E-state index contributed by atoms with van der Waals surface area (Å²) < 4.78 is 0. The van der Waals surface area contributed by atoms with Crippen molar-refractivity contribution in [3.63, 3.8) is 0 Å². The molecule has 0 radical (unpaired) electrons. The Morgan fingerprint density at radius 1 is 0.931 bits per heavy atom. The number of pyridine rings is 1. The topological polar surface area (TPSA) is 63.2 Å². The minimum Gasteiger partial charge on any atom is -0.297 e. The normalized spacial score (nSPS) is 12.2. The van der Waals surface area contributed by atoms with E-state index >= 15 is 0 Å². The van der Waals surface area contributed by atoms with E-state index in [-0.39, 0.29) is 5.78 Å². The van der Waals surface area contributed by atoms with Crippen LogP contribution in [-0.2, 0) is 4.84 Å². The molecule has 4 rings (SSSR count). The molecule has 0 saturated heterocycles. The largest absolute Gasteiger partial charge is 0.297 e. The summed E-state index contributed by atoms with van der Waals surface area (Å²) in [6.07, 6.45) is -0.650. The van der Waals surface area contributed by atoms with E-state index in [1.807, 2.05) is 80.6 Å². The molecule has 0 saturated carbocycles. The van der Waals surface area contributed by atoms with Gasteiger partial charge in [-0.05, 0) is 38.5 Å². The fourth-order valence-electron chi connectivity index (χ4n) is 3.51. The van der Waals surface area contributed by atoms with Crippen LogP contribution in [0, 0.1) is 13.8 Å². The third kappa shape index (κ3) is 3.83. The maximum Gasteiger partial charge on any atom is 0.193 e. The quantitative estimate of drug-likeness (QED) is 0.274. The van der Waals surface area contributed by atoms with Crippen LogP contribution in [0.5, 0.6) is 0 Å². The molecule has 5 nitrogen and oxygen atoms in total. The van der Waals surface area contributed by atoms with E-state index in [4.69, 9.17) is 9.82 Å². The molecular weight excluding hydrogens is 362 g/mol. The number of anilines is 1. The van der Waals surface area contributed by atoms with Gasteiger partial charge in [0.15, 0.2) is 5.78 Å². The molecule has 1 unspecified atom stereocenters. The molecule has 0 bridgehead atoms. The fourth-order valence-corrected chi connectivity index (χ4v) is 3.51. The molecule has 0 aliphatic carbocycles. The second-order valence-corrected chi connectivity index (χ2v) is 7.19. The number of Topliss-reactive ketones (excluding diaryl/α,β-unsaturated/α-hetero) is 1. The number of aryl methyl sites for hydroxylation is 2. The van der Waals surface area contributed by atoms with Crippen LogP contribution in [-0.4, -0.2) is 16.9 Å². The Morgan fingerprint density at radius 2 is 1.55 bits per heavy atom. The van der Waals surface area contributed by atoms with Gasteiger partial charge in [0.25, 0.3) is 0 Å². The third-order valence-electron chi connectivity index (χ3n) is 5.02. The number of carbonyl (C=O) groups excluding carboxylic acids is 1. The van der Waals surface area contributed by atoms with Crippen LogP contribution in [0.15, 0.2) is 66.7 Å². The maximum atomic E-state index is 12.7. The summed E-state index contributed by atoms with van der Waals surface area (Å²) >= 11 is 0. The Kier molecular flexibility index (Phi) is 5.25. The summed E-state index contributed by atoms with van der Waals surface area (Å²) in [6, 6.07) is 21.6. The van der Waals surface area contributed by atoms with Crippen molar-refractivity contribution in [1.82, 2.24) is 10.6 Å². The van der Waals surface area contributed by atoms with Gasteiger partial charge in [-0.1, -0.05) is 60.2 Å². The van der Waals surface area contributed by atoms with Crippen molar-refractivity contribution >= 4 is 33.3 Å². The molecule has 1 heterocycles. The second kappa shape index (κ2) is 7.99. The first-order valence-corrected chi connectivity index (χ1v) is 9.60. The van der Waals surface area contributed by atoms with Crippen LogP contribution < -0.4 is 11.0 Å². The van der Waals surface area contributed by atoms with E-state index < -0.39 is 6.10 Å². The van der Waals surface area contributed by atoms with Gasteiger partial charge in [0.2, 0.25) is 0 Å². The summed E-state index contributed by atoms with van der Waals surface area (Å²) in [4.78, 5) is 23.1. The lowest BCUT2D eigenvalue weighted by Gasteiger charge is -2.17. The zero-order chi connectivity index (χ0) is 20.4. The van der Waals surface area contributed by atoms with E-state index in [2.05, 4.69) is 11.0 Å². The number of benzene rings is 3. The Morgan fingerprint density at radius 3 is 2.17 bits per heavy atom. The second-order valence-electron chi connectivity index (χ2n) is 7.19. The molecule has 0 aliphatic heterocycles. The van der Waals surface area contributed by atoms with Gasteiger partial charge >= 0.3 is 0 Å². The molecule has 5 heteroatoms. The third-order valence-corrected chi connectivity index (χ3v) is 5.02. The highest BCUT2D eigenvalue weighted by atomic mass is 16.7. The van der Waals surface area contributed by atoms with Crippen molar-refractivity contribution in [2.45, 2.75) is 26.9 Å². The average molecular weight is 385 g/mol. The highest BCUT2D eigenvalue weighted by Crippen LogP contribution is 2.30. The van der Waals surface area contributed by atoms with Crippen molar-refractivity contribution in [2.24, 2.45) is 0 Å². The van der Waals surface area contributed by atoms with Crippen molar-refractivity contribution in [1.29, 1.82) is 0 Å². The molecule has 0 spiro atoms. The number of hydrazine groups is 1. The van der Waals surface area contributed by atoms with Gasteiger partial charge < -0.3 is 0 Å². The van der Waals surface area contributed by atoms with E-state index in [1.54, 1.807) is 6.92 Å². The van der Waals surface area contributed by atoms with Gasteiger partial charge in [-0.25, -0.2) is 4.98 Å². The van der Waals surface area contributed by atoms with Gasteiger partial charge in [0.05, 0.1) is 16.7 Å². The number of ketones is 1. The summed E-state index contributed by atoms with van der Waals surface area (Å²) in [6.45, 7) is 5.68. The first-order chi connectivity index (χ1) is 14.0. The molecule has 2 N–H and O–H groups in total. The molecule has 1 aromatic heterocycles. The number of aromatic nitrogens is 1. The van der Waals surface area contributed by atoms with E-state index in [0.29, 0.717) is 5.56 Å². The first kappa shape index (κ1) is 19.1. The van der Waals surface area contributed by atoms with E-state index in [9.17, 15) is 4.79 Å². The Bertz CT molecular complexity index is 1150. The lowest BCUT2D eigenvalue weighted by atomic mass is 10.00. The lowest BCUT2D eigenvalue weighted by Crippen LogP contribution is -2.32. The van der Waals surface area contributed by atoms with E-state index in [1.165, 1.54) is 0 Å². The predicted molar refractivity (Wildman–Crippen MR) is 117 cm³/mol. The molecule has 29 heavy (non-hydrogen) atoms. The van der Waals surface area contributed by atoms with Crippen LogP contribution in [0.2, 0.25) is 0 Å².